The second-order valence-corrected chi connectivity index (χ2v) is 5.22. The number of nitrogens with one attached hydrogen (secondary N) is 1. The van der Waals surface area contributed by atoms with Crippen molar-refractivity contribution < 1.29 is 14.7 Å². The third-order valence-electron chi connectivity index (χ3n) is 3.29. The first-order chi connectivity index (χ1) is 11.0. The minimum Gasteiger partial charge on any atom is -0.480 e. The smallest absolute Gasteiger partial charge is 0.326 e. The molecule has 2 N–H and O–H groups in total. The SMILES string of the molecule is CN(C)c1ccnc(C(=O)NC(Cc2ccncc2)C(=O)O)c1. The van der Waals surface area contributed by atoms with E-state index in [0.29, 0.717) is 0 Å². The molecule has 2 heterocycles. The van der Waals surface area contributed by atoms with Crippen molar-refractivity contribution in [1.82, 2.24) is 15.3 Å². The van der Waals surface area contributed by atoms with Gasteiger partial charge in [-0.25, -0.2) is 4.79 Å². The molecule has 2 rings (SSSR count). The van der Waals surface area contributed by atoms with Crippen LogP contribution in [0.25, 0.3) is 0 Å². The Morgan fingerprint density at radius 1 is 1.22 bits per heavy atom. The number of rotatable bonds is 6. The number of anilines is 1. The molecule has 0 saturated carbocycles. The number of carboxylic acids is 1. The predicted octanol–water partition coefficient (Wildman–Crippen LogP) is 0.968. The van der Waals surface area contributed by atoms with E-state index in [0.717, 1.165) is 11.3 Å². The van der Waals surface area contributed by atoms with Crippen molar-refractivity contribution in [2.75, 3.05) is 19.0 Å². The lowest BCUT2D eigenvalue weighted by atomic mass is 10.1. The third kappa shape index (κ3) is 4.50. The summed E-state index contributed by atoms with van der Waals surface area (Å²) in [5.74, 6) is -1.62. The quantitative estimate of drug-likeness (QED) is 0.825. The lowest BCUT2D eigenvalue weighted by Crippen LogP contribution is -2.42. The summed E-state index contributed by atoms with van der Waals surface area (Å²) in [4.78, 5) is 33.4. The van der Waals surface area contributed by atoms with Crippen molar-refractivity contribution in [2.45, 2.75) is 12.5 Å². The minimum atomic E-state index is -1.10. The Labute approximate surface area is 134 Å². The fourth-order valence-corrected chi connectivity index (χ4v) is 2.01. The Balaban J connectivity index is 2.12. The normalized spacial score (nSPS) is 11.6. The second kappa shape index (κ2) is 7.35. The average molecular weight is 314 g/mol. The zero-order valence-electron chi connectivity index (χ0n) is 12.9. The van der Waals surface area contributed by atoms with Crippen molar-refractivity contribution in [3.05, 3.63) is 54.1 Å². The summed E-state index contributed by atoms with van der Waals surface area (Å²) in [6, 6.07) is 5.78. The van der Waals surface area contributed by atoms with Crippen LogP contribution in [0.1, 0.15) is 16.1 Å². The highest BCUT2D eigenvalue weighted by Crippen LogP contribution is 2.11. The van der Waals surface area contributed by atoms with Gasteiger partial charge >= 0.3 is 5.97 Å². The molecule has 23 heavy (non-hydrogen) atoms. The van der Waals surface area contributed by atoms with Gasteiger partial charge in [0.25, 0.3) is 5.91 Å². The fraction of sp³-hybridized carbons (Fsp3) is 0.250. The van der Waals surface area contributed by atoms with Crippen LogP contribution in [0, 0.1) is 0 Å². The summed E-state index contributed by atoms with van der Waals surface area (Å²) in [6.07, 6.45) is 4.86. The van der Waals surface area contributed by atoms with E-state index >= 15 is 0 Å². The molecule has 0 aliphatic rings. The molecule has 0 aliphatic carbocycles. The lowest BCUT2D eigenvalue weighted by molar-refractivity contribution is -0.139. The average Bonchev–Trinajstić information content (AvgIpc) is 2.55. The van der Waals surface area contributed by atoms with Crippen LogP contribution < -0.4 is 10.2 Å². The summed E-state index contributed by atoms with van der Waals surface area (Å²) in [6.45, 7) is 0. The summed E-state index contributed by atoms with van der Waals surface area (Å²) in [5.41, 5.74) is 1.77. The fourth-order valence-electron chi connectivity index (χ4n) is 2.01. The van der Waals surface area contributed by atoms with Crippen LogP contribution in [-0.4, -0.2) is 47.1 Å². The van der Waals surface area contributed by atoms with Gasteiger partial charge in [-0.3, -0.25) is 14.8 Å². The molecular weight excluding hydrogens is 296 g/mol. The van der Waals surface area contributed by atoms with E-state index in [4.69, 9.17) is 0 Å². The molecular formula is C16H18N4O3. The van der Waals surface area contributed by atoms with Gasteiger partial charge < -0.3 is 15.3 Å². The molecule has 1 amide bonds. The molecule has 0 spiro atoms. The van der Waals surface area contributed by atoms with Gasteiger partial charge in [0.15, 0.2) is 0 Å². The number of aromatic nitrogens is 2. The van der Waals surface area contributed by atoms with Crippen molar-refractivity contribution in [1.29, 1.82) is 0 Å². The van der Waals surface area contributed by atoms with Crippen LogP contribution in [0.2, 0.25) is 0 Å². The van der Waals surface area contributed by atoms with Crippen molar-refractivity contribution in [3.63, 3.8) is 0 Å². The van der Waals surface area contributed by atoms with Crippen molar-refractivity contribution in [3.8, 4) is 0 Å². The molecule has 0 aliphatic heterocycles. The molecule has 7 heteroatoms. The van der Waals surface area contributed by atoms with E-state index in [1.165, 1.54) is 6.20 Å². The Kier molecular flexibility index (Phi) is 5.24. The Morgan fingerprint density at radius 3 is 2.52 bits per heavy atom. The standard InChI is InChI=1S/C16H18N4O3/c1-20(2)12-5-8-18-13(10-12)15(21)19-14(16(22)23)9-11-3-6-17-7-4-11/h3-8,10,14H,9H2,1-2H3,(H,19,21)(H,22,23). The van der Waals surface area contributed by atoms with Crippen LogP contribution >= 0.6 is 0 Å². The monoisotopic (exact) mass is 314 g/mol. The summed E-state index contributed by atoms with van der Waals surface area (Å²) < 4.78 is 0. The molecule has 1 atom stereocenters. The number of amides is 1. The number of hydrogen-bond acceptors (Lipinski definition) is 5. The molecule has 7 nitrogen and oxygen atoms in total. The Bertz CT molecular complexity index is 689. The zero-order valence-corrected chi connectivity index (χ0v) is 12.9. The molecule has 1 unspecified atom stereocenters. The number of nitrogens with zero attached hydrogens (tertiary/aromatic N) is 3. The van der Waals surface area contributed by atoms with Gasteiger partial charge in [-0.05, 0) is 29.8 Å². The number of carbonyl (C=O) groups is 2. The maximum Gasteiger partial charge on any atom is 0.326 e. The molecule has 2 aromatic heterocycles. The number of carbonyl (C=O) groups excluding carboxylic acids is 1. The van der Waals surface area contributed by atoms with Crippen LogP contribution in [0.15, 0.2) is 42.9 Å². The van der Waals surface area contributed by atoms with E-state index in [2.05, 4.69) is 15.3 Å². The summed E-state index contributed by atoms with van der Waals surface area (Å²) in [7, 11) is 3.70. The molecule has 0 fully saturated rings. The van der Waals surface area contributed by atoms with E-state index in [9.17, 15) is 14.7 Å². The van der Waals surface area contributed by atoms with Gasteiger partial charge in [0.1, 0.15) is 11.7 Å². The van der Waals surface area contributed by atoms with E-state index in [-0.39, 0.29) is 12.1 Å². The van der Waals surface area contributed by atoms with Crippen LogP contribution in [0.3, 0.4) is 0 Å². The van der Waals surface area contributed by atoms with E-state index in [1.54, 1.807) is 36.7 Å². The molecule has 0 bridgehead atoms. The number of carboxylic acid groups (broad SMARTS) is 1. The molecule has 0 saturated heterocycles. The predicted molar refractivity (Wildman–Crippen MR) is 85.4 cm³/mol. The summed E-state index contributed by atoms with van der Waals surface area (Å²) >= 11 is 0. The highest BCUT2D eigenvalue weighted by molar-refractivity contribution is 5.95. The second-order valence-electron chi connectivity index (χ2n) is 5.22. The topological polar surface area (TPSA) is 95.4 Å². The number of pyridine rings is 2. The first-order valence-electron chi connectivity index (χ1n) is 7.03. The Morgan fingerprint density at radius 2 is 1.91 bits per heavy atom. The number of aliphatic carboxylic acids is 1. The molecule has 0 radical (unpaired) electrons. The molecule has 0 aromatic carbocycles. The van der Waals surface area contributed by atoms with Crippen LogP contribution in [0.5, 0.6) is 0 Å². The maximum absolute atomic E-state index is 12.3. The first kappa shape index (κ1) is 16.4. The van der Waals surface area contributed by atoms with Crippen LogP contribution in [0.4, 0.5) is 5.69 Å². The lowest BCUT2D eigenvalue weighted by Gasteiger charge is -2.16. The molecule has 2 aromatic rings. The van der Waals surface area contributed by atoms with Crippen molar-refractivity contribution >= 4 is 17.6 Å². The summed E-state index contributed by atoms with van der Waals surface area (Å²) in [5, 5.41) is 11.8. The maximum atomic E-state index is 12.3. The highest BCUT2D eigenvalue weighted by Gasteiger charge is 2.22. The Hall–Kier alpha value is -2.96. The van der Waals surface area contributed by atoms with Crippen molar-refractivity contribution in [2.24, 2.45) is 0 Å². The minimum absolute atomic E-state index is 0.178. The zero-order chi connectivity index (χ0) is 16.8. The molecule has 120 valence electrons. The van der Waals surface area contributed by atoms with Gasteiger partial charge in [-0.2, -0.15) is 0 Å². The van der Waals surface area contributed by atoms with Gasteiger partial charge in [-0.15, -0.1) is 0 Å². The van der Waals surface area contributed by atoms with E-state index < -0.39 is 17.9 Å². The largest absolute Gasteiger partial charge is 0.480 e. The third-order valence-corrected chi connectivity index (χ3v) is 3.29. The van der Waals surface area contributed by atoms with Gasteiger partial charge in [0.05, 0.1) is 0 Å². The van der Waals surface area contributed by atoms with Gasteiger partial charge in [0, 0.05) is 44.8 Å². The first-order valence-corrected chi connectivity index (χ1v) is 7.03. The van der Waals surface area contributed by atoms with Gasteiger partial charge in [0.2, 0.25) is 0 Å². The highest BCUT2D eigenvalue weighted by atomic mass is 16.4. The van der Waals surface area contributed by atoms with Crippen LogP contribution in [-0.2, 0) is 11.2 Å². The van der Waals surface area contributed by atoms with E-state index in [1.807, 2.05) is 19.0 Å². The van der Waals surface area contributed by atoms with Gasteiger partial charge in [-0.1, -0.05) is 0 Å². The number of hydrogen-bond donors (Lipinski definition) is 2.